The number of benzene rings is 1. The maximum absolute atomic E-state index is 5.19. The van der Waals surface area contributed by atoms with Crippen molar-refractivity contribution in [3.63, 3.8) is 0 Å². The van der Waals surface area contributed by atoms with Crippen molar-refractivity contribution < 1.29 is 4.74 Å². The number of methoxy groups -OCH3 is 1. The molecule has 1 aromatic carbocycles. The van der Waals surface area contributed by atoms with Gasteiger partial charge in [-0.25, -0.2) is 0 Å². The monoisotopic (exact) mass is 275 g/mol. The number of nitrogens with one attached hydrogen (secondary N) is 1. The minimum absolute atomic E-state index is 0.556. The lowest BCUT2D eigenvalue weighted by molar-refractivity contribution is 0.185. The molecule has 0 aliphatic heterocycles. The van der Waals surface area contributed by atoms with Crippen molar-refractivity contribution in [3.05, 3.63) is 41.0 Å². The Morgan fingerprint density at radius 1 is 1.25 bits per heavy atom. The molecular weight excluding hydrogens is 246 g/mol. The molecule has 0 atom stereocenters. The Balaban J connectivity index is 2.76. The second-order valence-corrected chi connectivity index (χ2v) is 6.08. The predicted octanol–water partition coefficient (Wildman–Crippen LogP) is 4.12. The molecule has 0 fully saturated rings. The van der Waals surface area contributed by atoms with E-state index in [4.69, 9.17) is 4.74 Å². The third-order valence-corrected chi connectivity index (χ3v) is 3.24. The highest BCUT2D eigenvalue weighted by Gasteiger charge is 2.04. The van der Waals surface area contributed by atoms with Crippen LogP contribution in [0.25, 0.3) is 6.08 Å². The average Bonchev–Trinajstić information content (AvgIpc) is 2.38. The molecule has 1 rings (SSSR count). The topological polar surface area (TPSA) is 21.3 Å². The van der Waals surface area contributed by atoms with Gasteiger partial charge in [-0.2, -0.15) is 0 Å². The Morgan fingerprint density at radius 3 is 2.60 bits per heavy atom. The van der Waals surface area contributed by atoms with Gasteiger partial charge in [0, 0.05) is 13.7 Å². The van der Waals surface area contributed by atoms with Crippen LogP contribution in [0.2, 0.25) is 0 Å². The summed E-state index contributed by atoms with van der Waals surface area (Å²) in [5.41, 5.74) is 3.93. The smallest absolute Gasteiger partial charge is 0.0713 e. The van der Waals surface area contributed by atoms with Gasteiger partial charge in [0.05, 0.1) is 6.61 Å². The quantitative estimate of drug-likeness (QED) is 0.770. The Hall–Kier alpha value is -1.12. The fourth-order valence-electron chi connectivity index (χ4n) is 2.08. The zero-order valence-electron chi connectivity index (χ0n) is 13.6. The van der Waals surface area contributed by atoms with Crippen LogP contribution in [0.3, 0.4) is 0 Å². The average molecular weight is 275 g/mol. The highest BCUT2D eigenvalue weighted by molar-refractivity contribution is 5.54. The van der Waals surface area contributed by atoms with Crippen molar-refractivity contribution in [2.75, 3.05) is 20.2 Å². The lowest BCUT2D eigenvalue weighted by Crippen LogP contribution is -2.23. The van der Waals surface area contributed by atoms with E-state index in [1.807, 2.05) is 0 Å². The lowest BCUT2D eigenvalue weighted by atomic mass is 9.99. The molecule has 0 radical (unpaired) electrons. The molecule has 0 aromatic heterocycles. The Kier molecular flexibility index (Phi) is 7.56. The molecule has 1 aromatic rings. The van der Waals surface area contributed by atoms with Gasteiger partial charge in [-0.3, -0.25) is 0 Å². The zero-order chi connectivity index (χ0) is 15.0. The first-order valence-corrected chi connectivity index (χ1v) is 7.52. The SMILES string of the molecule is COCc1cccc(C=C(CNCC(C)C)C(C)C)c1. The molecule has 0 aliphatic carbocycles. The largest absolute Gasteiger partial charge is 0.380 e. The summed E-state index contributed by atoms with van der Waals surface area (Å²) < 4.78 is 5.19. The van der Waals surface area contributed by atoms with Gasteiger partial charge in [-0.1, -0.05) is 57.5 Å². The van der Waals surface area contributed by atoms with Crippen LogP contribution in [-0.2, 0) is 11.3 Å². The van der Waals surface area contributed by atoms with Crippen LogP contribution in [0.4, 0.5) is 0 Å². The summed E-state index contributed by atoms with van der Waals surface area (Å²) in [5, 5.41) is 3.53. The second-order valence-electron chi connectivity index (χ2n) is 6.08. The van der Waals surface area contributed by atoms with E-state index in [1.54, 1.807) is 7.11 Å². The molecule has 2 heteroatoms. The Morgan fingerprint density at radius 2 is 2.00 bits per heavy atom. The van der Waals surface area contributed by atoms with E-state index in [-0.39, 0.29) is 0 Å². The molecule has 1 N–H and O–H groups in total. The molecule has 0 aliphatic rings. The molecule has 0 unspecified atom stereocenters. The molecule has 20 heavy (non-hydrogen) atoms. The van der Waals surface area contributed by atoms with Crippen LogP contribution in [0.5, 0.6) is 0 Å². The van der Waals surface area contributed by atoms with Gasteiger partial charge in [0.25, 0.3) is 0 Å². The lowest BCUT2D eigenvalue weighted by Gasteiger charge is -2.14. The van der Waals surface area contributed by atoms with Gasteiger partial charge in [-0.15, -0.1) is 0 Å². The summed E-state index contributed by atoms with van der Waals surface area (Å²) in [7, 11) is 1.73. The van der Waals surface area contributed by atoms with Crippen LogP contribution >= 0.6 is 0 Å². The van der Waals surface area contributed by atoms with E-state index < -0.39 is 0 Å². The first-order chi connectivity index (χ1) is 9.52. The van der Waals surface area contributed by atoms with Crippen LogP contribution in [-0.4, -0.2) is 20.2 Å². The van der Waals surface area contributed by atoms with Gasteiger partial charge >= 0.3 is 0 Å². The summed E-state index contributed by atoms with van der Waals surface area (Å²) in [6, 6.07) is 8.56. The highest BCUT2D eigenvalue weighted by atomic mass is 16.5. The molecule has 2 nitrogen and oxygen atoms in total. The molecule has 0 amide bonds. The molecule has 0 saturated heterocycles. The van der Waals surface area contributed by atoms with Gasteiger partial charge in [0.2, 0.25) is 0 Å². The fourth-order valence-corrected chi connectivity index (χ4v) is 2.08. The third kappa shape index (κ3) is 6.36. The van der Waals surface area contributed by atoms with E-state index in [0.29, 0.717) is 18.4 Å². The summed E-state index contributed by atoms with van der Waals surface area (Å²) in [6.45, 7) is 11.7. The van der Waals surface area contributed by atoms with Gasteiger partial charge < -0.3 is 10.1 Å². The van der Waals surface area contributed by atoms with Crippen LogP contribution in [0, 0.1) is 11.8 Å². The Labute approximate surface area is 124 Å². The van der Waals surface area contributed by atoms with Gasteiger partial charge in [0.1, 0.15) is 0 Å². The first-order valence-electron chi connectivity index (χ1n) is 7.52. The van der Waals surface area contributed by atoms with Crippen molar-refractivity contribution in [1.29, 1.82) is 0 Å². The number of hydrogen-bond acceptors (Lipinski definition) is 2. The van der Waals surface area contributed by atoms with Crippen molar-refractivity contribution in [1.82, 2.24) is 5.32 Å². The van der Waals surface area contributed by atoms with E-state index in [2.05, 4.69) is 63.4 Å². The molecule has 0 spiro atoms. The standard InChI is InChI=1S/C18H29NO/c1-14(2)11-19-12-18(15(3)4)10-16-7-6-8-17(9-16)13-20-5/h6-10,14-15,19H,11-13H2,1-5H3. The second kappa shape index (κ2) is 8.93. The summed E-state index contributed by atoms with van der Waals surface area (Å²) in [6.07, 6.45) is 2.30. The van der Waals surface area contributed by atoms with Crippen LogP contribution in [0.1, 0.15) is 38.8 Å². The predicted molar refractivity (Wildman–Crippen MR) is 87.7 cm³/mol. The molecule has 0 bridgehead atoms. The van der Waals surface area contributed by atoms with E-state index >= 15 is 0 Å². The normalized spacial score (nSPS) is 12.4. The third-order valence-electron chi connectivity index (χ3n) is 3.24. The zero-order valence-corrected chi connectivity index (χ0v) is 13.6. The van der Waals surface area contributed by atoms with Gasteiger partial charge in [0.15, 0.2) is 0 Å². The molecular formula is C18H29NO. The van der Waals surface area contributed by atoms with Crippen LogP contribution in [0.15, 0.2) is 29.8 Å². The van der Waals surface area contributed by atoms with Crippen molar-refractivity contribution in [2.45, 2.75) is 34.3 Å². The van der Waals surface area contributed by atoms with E-state index in [0.717, 1.165) is 13.1 Å². The fraction of sp³-hybridized carbons (Fsp3) is 0.556. The summed E-state index contributed by atoms with van der Waals surface area (Å²) in [5.74, 6) is 1.24. The molecule has 0 heterocycles. The minimum atomic E-state index is 0.556. The summed E-state index contributed by atoms with van der Waals surface area (Å²) >= 11 is 0. The summed E-state index contributed by atoms with van der Waals surface area (Å²) in [4.78, 5) is 0. The van der Waals surface area contributed by atoms with Crippen molar-refractivity contribution in [2.24, 2.45) is 11.8 Å². The Bertz CT molecular complexity index is 421. The number of hydrogen-bond donors (Lipinski definition) is 1. The molecule has 0 saturated carbocycles. The maximum Gasteiger partial charge on any atom is 0.0713 e. The number of ether oxygens (including phenoxy) is 1. The van der Waals surface area contributed by atoms with Gasteiger partial charge in [-0.05, 0) is 35.6 Å². The van der Waals surface area contributed by atoms with Crippen molar-refractivity contribution >= 4 is 6.08 Å². The number of rotatable bonds is 8. The van der Waals surface area contributed by atoms with E-state index in [1.165, 1.54) is 16.7 Å². The first kappa shape index (κ1) is 16.9. The van der Waals surface area contributed by atoms with Crippen LogP contribution < -0.4 is 5.32 Å². The minimum Gasteiger partial charge on any atom is -0.380 e. The maximum atomic E-state index is 5.19. The van der Waals surface area contributed by atoms with E-state index in [9.17, 15) is 0 Å². The van der Waals surface area contributed by atoms with Crippen molar-refractivity contribution in [3.8, 4) is 0 Å². The molecule has 112 valence electrons. The highest BCUT2D eigenvalue weighted by Crippen LogP contribution is 2.16.